The Morgan fingerprint density at radius 1 is 1.28 bits per heavy atom. The number of hydrogen-bond acceptors (Lipinski definition) is 6. The van der Waals surface area contributed by atoms with Gasteiger partial charge in [-0.05, 0) is 43.0 Å². The minimum Gasteiger partial charge on any atom is -0.451 e. The monoisotopic (exact) mass is 378 g/mol. The molecule has 0 unspecified atom stereocenters. The van der Waals surface area contributed by atoms with Crippen LogP contribution < -0.4 is 0 Å². The molecule has 0 saturated heterocycles. The molecule has 2 aromatic heterocycles. The second-order valence-corrected chi connectivity index (χ2v) is 8.18. The maximum atomic E-state index is 12.3. The fraction of sp³-hybridized carbons (Fsp3) is 0.500. The molecule has 0 N–H and O–H groups in total. The zero-order valence-corrected chi connectivity index (χ0v) is 16.1. The molecule has 1 aliphatic carbocycles. The Bertz CT molecular complexity index is 719. The summed E-state index contributed by atoms with van der Waals surface area (Å²) in [6.45, 7) is 2.02. The lowest BCUT2D eigenvalue weighted by molar-refractivity contribution is -0.136. The number of nitrogens with zero attached hydrogens (tertiary/aromatic N) is 2. The Labute approximate surface area is 155 Å². The van der Waals surface area contributed by atoms with Gasteiger partial charge in [-0.15, -0.1) is 11.3 Å². The Morgan fingerprint density at radius 2 is 2.04 bits per heavy atom. The van der Waals surface area contributed by atoms with Gasteiger partial charge in [0.05, 0.1) is 0 Å². The quantitative estimate of drug-likeness (QED) is 0.736. The van der Waals surface area contributed by atoms with E-state index >= 15 is 0 Å². The van der Waals surface area contributed by atoms with Crippen LogP contribution in [0.25, 0.3) is 10.6 Å². The zero-order valence-electron chi connectivity index (χ0n) is 14.4. The summed E-state index contributed by atoms with van der Waals surface area (Å²) in [4.78, 5) is 30.4. The first-order valence-corrected chi connectivity index (χ1v) is 10.3. The van der Waals surface area contributed by atoms with E-state index in [2.05, 4.69) is 11.9 Å². The number of rotatable bonds is 5. The summed E-state index contributed by atoms with van der Waals surface area (Å²) in [7, 11) is 1.80. The Hall–Kier alpha value is -1.73. The Morgan fingerprint density at radius 3 is 2.72 bits per heavy atom. The summed E-state index contributed by atoms with van der Waals surface area (Å²) in [6, 6.07) is 2.22. The summed E-state index contributed by atoms with van der Waals surface area (Å²) in [5, 5.41) is 6.41. The van der Waals surface area contributed by atoms with Gasteiger partial charge in [-0.2, -0.15) is 11.3 Å². The van der Waals surface area contributed by atoms with Crippen LogP contribution in [0.2, 0.25) is 0 Å². The van der Waals surface area contributed by atoms with E-state index in [9.17, 15) is 9.59 Å². The van der Waals surface area contributed by atoms with Crippen LogP contribution in [0.5, 0.6) is 0 Å². The number of thiophene rings is 1. The van der Waals surface area contributed by atoms with Gasteiger partial charge in [-0.3, -0.25) is 4.79 Å². The van der Waals surface area contributed by atoms with Crippen LogP contribution in [-0.2, 0) is 9.53 Å². The molecule has 0 aliphatic heterocycles. The lowest BCUT2D eigenvalue weighted by Gasteiger charge is -2.33. The van der Waals surface area contributed by atoms with E-state index in [1.54, 1.807) is 28.7 Å². The van der Waals surface area contributed by atoms with Gasteiger partial charge in [0, 0.05) is 29.4 Å². The average Bonchev–Trinajstić information content (AvgIpc) is 3.30. The number of thiazole rings is 1. The molecule has 1 amide bonds. The lowest BCUT2D eigenvalue weighted by atomic mass is 9.87. The largest absolute Gasteiger partial charge is 0.451 e. The molecule has 2 heterocycles. The third-order valence-electron chi connectivity index (χ3n) is 4.73. The lowest BCUT2D eigenvalue weighted by Crippen LogP contribution is -2.41. The number of ether oxygens (including phenoxy) is 1. The highest BCUT2D eigenvalue weighted by atomic mass is 32.1. The number of hydrogen-bond donors (Lipinski definition) is 0. The van der Waals surface area contributed by atoms with Crippen molar-refractivity contribution in [3.05, 3.63) is 27.9 Å². The first-order chi connectivity index (χ1) is 12.0. The molecular weight excluding hydrogens is 356 g/mol. The van der Waals surface area contributed by atoms with Gasteiger partial charge in [0.25, 0.3) is 5.91 Å². The second kappa shape index (κ2) is 8.10. The van der Waals surface area contributed by atoms with Crippen molar-refractivity contribution in [3.63, 3.8) is 0 Å². The molecular formula is C18H22N2O3S2. The van der Waals surface area contributed by atoms with E-state index in [1.807, 2.05) is 16.8 Å². The Balaban J connectivity index is 1.51. The molecule has 7 heteroatoms. The maximum absolute atomic E-state index is 12.3. The molecule has 25 heavy (non-hydrogen) atoms. The minimum atomic E-state index is -0.545. The summed E-state index contributed by atoms with van der Waals surface area (Å²) < 4.78 is 5.17. The van der Waals surface area contributed by atoms with Crippen molar-refractivity contribution >= 4 is 34.6 Å². The number of carbonyl (C=O) groups is 2. The molecule has 1 aliphatic rings. The summed E-state index contributed by atoms with van der Waals surface area (Å²) in [5.74, 6) is 0.0394. The third-order valence-corrected chi connectivity index (χ3v) is 6.31. The zero-order chi connectivity index (χ0) is 17.8. The van der Waals surface area contributed by atoms with Crippen LogP contribution in [0.4, 0.5) is 0 Å². The van der Waals surface area contributed by atoms with E-state index in [0.29, 0.717) is 0 Å². The van der Waals surface area contributed by atoms with Crippen LogP contribution in [0.15, 0.2) is 22.2 Å². The van der Waals surface area contributed by atoms with Gasteiger partial charge in [-0.25, -0.2) is 9.78 Å². The summed E-state index contributed by atoms with van der Waals surface area (Å²) >= 11 is 2.98. The number of carbonyl (C=O) groups excluding carboxylic acids is 2. The van der Waals surface area contributed by atoms with Gasteiger partial charge in [0.15, 0.2) is 12.3 Å². The van der Waals surface area contributed by atoms with E-state index < -0.39 is 5.97 Å². The van der Waals surface area contributed by atoms with Crippen molar-refractivity contribution < 1.29 is 14.3 Å². The van der Waals surface area contributed by atoms with Gasteiger partial charge in [0.1, 0.15) is 5.01 Å². The molecule has 5 nitrogen and oxygen atoms in total. The maximum Gasteiger partial charge on any atom is 0.358 e. The second-order valence-electron chi connectivity index (χ2n) is 6.54. The predicted octanol–water partition coefficient (Wildman–Crippen LogP) is 4.07. The van der Waals surface area contributed by atoms with Gasteiger partial charge in [0.2, 0.25) is 0 Å². The highest BCUT2D eigenvalue weighted by Crippen LogP contribution is 2.27. The van der Waals surface area contributed by atoms with Crippen molar-refractivity contribution in [1.29, 1.82) is 0 Å². The van der Waals surface area contributed by atoms with Gasteiger partial charge >= 0.3 is 5.97 Å². The molecule has 0 radical (unpaired) electrons. The first kappa shape index (κ1) is 18.1. The Kier molecular flexibility index (Phi) is 5.86. The van der Waals surface area contributed by atoms with Crippen molar-refractivity contribution in [1.82, 2.24) is 9.88 Å². The van der Waals surface area contributed by atoms with Crippen molar-refractivity contribution in [2.75, 3.05) is 13.7 Å². The van der Waals surface area contributed by atoms with Crippen LogP contribution in [-0.4, -0.2) is 41.5 Å². The fourth-order valence-electron chi connectivity index (χ4n) is 3.02. The van der Waals surface area contributed by atoms with Gasteiger partial charge < -0.3 is 9.64 Å². The molecule has 0 atom stereocenters. The summed E-state index contributed by atoms with van der Waals surface area (Å²) in [5.41, 5.74) is 1.25. The SMILES string of the molecule is CC1CCC(N(C)C(=O)COC(=O)c2csc(-c3ccsc3)n2)CC1. The number of esters is 1. The molecule has 3 rings (SSSR count). The van der Waals surface area contributed by atoms with Crippen molar-refractivity contribution in [2.24, 2.45) is 5.92 Å². The van der Waals surface area contributed by atoms with Crippen LogP contribution in [0.3, 0.4) is 0 Å². The van der Waals surface area contributed by atoms with Crippen LogP contribution in [0.1, 0.15) is 43.1 Å². The minimum absolute atomic E-state index is 0.152. The predicted molar refractivity (Wildman–Crippen MR) is 99.9 cm³/mol. The smallest absolute Gasteiger partial charge is 0.358 e. The molecule has 0 spiro atoms. The summed E-state index contributed by atoms with van der Waals surface area (Å²) in [6.07, 6.45) is 4.33. The van der Waals surface area contributed by atoms with Crippen LogP contribution >= 0.6 is 22.7 Å². The van der Waals surface area contributed by atoms with E-state index in [1.165, 1.54) is 11.3 Å². The van der Waals surface area contributed by atoms with Gasteiger partial charge in [-0.1, -0.05) is 6.92 Å². The number of amides is 1. The topological polar surface area (TPSA) is 59.5 Å². The van der Waals surface area contributed by atoms with E-state index in [0.717, 1.165) is 42.2 Å². The molecule has 134 valence electrons. The molecule has 0 aromatic carbocycles. The standard InChI is InChI=1S/C18H22N2O3S2/c1-12-3-5-14(6-4-12)20(2)16(21)9-23-18(22)15-11-25-17(19-15)13-7-8-24-10-13/h7-8,10-12,14H,3-6,9H2,1-2H3. The van der Waals surface area contributed by atoms with Crippen LogP contribution in [0, 0.1) is 5.92 Å². The highest BCUT2D eigenvalue weighted by molar-refractivity contribution is 7.14. The fourth-order valence-corrected chi connectivity index (χ4v) is 4.52. The van der Waals surface area contributed by atoms with Crippen molar-refractivity contribution in [3.8, 4) is 10.6 Å². The number of aromatic nitrogens is 1. The molecule has 1 saturated carbocycles. The molecule has 0 bridgehead atoms. The molecule has 1 fully saturated rings. The first-order valence-electron chi connectivity index (χ1n) is 8.45. The molecule has 2 aromatic rings. The number of likely N-dealkylation sites (N-methyl/N-ethyl adjacent to an activating group) is 1. The average molecular weight is 379 g/mol. The normalized spacial score (nSPS) is 20.2. The van der Waals surface area contributed by atoms with Crippen molar-refractivity contribution in [2.45, 2.75) is 38.6 Å². The van der Waals surface area contributed by atoms with E-state index in [4.69, 9.17) is 4.74 Å². The third kappa shape index (κ3) is 4.46. The highest BCUT2D eigenvalue weighted by Gasteiger charge is 2.25. The van der Waals surface area contributed by atoms with E-state index in [-0.39, 0.29) is 24.2 Å².